The van der Waals surface area contributed by atoms with Gasteiger partial charge in [0.25, 0.3) is 0 Å². The average Bonchev–Trinajstić information content (AvgIpc) is 2.59. The highest BCUT2D eigenvalue weighted by atomic mass is 16.1. The highest BCUT2D eigenvalue weighted by Gasteiger charge is 2.13. The van der Waals surface area contributed by atoms with Gasteiger partial charge in [-0.2, -0.15) is 0 Å². The topological polar surface area (TPSA) is 42.0 Å². The third-order valence-electron chi connectivity index (χ3n) is 3.70. The summed E-state index contributed by atoms with van der Waals surface area (Å²) in [6.07, 6.45) is 3.87. The van der Waals surface area contributed by atoms with Crippen LogP contribution in [0.25, 0.3) is 5.70 Å². The molecule has 3 heteroatoms. The second-order valence-electron chi connectivity index (χ2n) is 5.24. The molecule has 0 fully saturated rings. The molecule has 0 bridgehead atoms. The number of allylic oxidation sites excluding steroid dienone is 1. The number of carbonyl (C=O) groups excluding carboxylic acids is 1. The molecular weight excluding hydrogens is 272 g/mol. The molecule has 0 radical (unpaired) electrons. The molecule has 1 aromatic carbocycles. The minimum atomic E-state index is 0.139. The SMILES string of the molecule is CC/C=C(\NC)c1cc(C=O)cc(C(C)c2ccccc2)n1. The van der Waals surface area contributed by atoms with Gasteiger partial charge in [-0.3, -0.25) is 9.78 Å². The van der Waals surface area contributed by atoms with Crippen LogP contribution in [0.15, 0.2) is 48.5 Å². The van der Waals surface area contributed by atoms with Gasteiger partial charge < -0.3 is 5.32 Å². The largest absolute Gasteiger partial charge is 0.387 e. The minimum Gasteiger partial charge on any atom is -0.387 e. The van der Waals surface area contributed by atoms with Gasteiger partial charge in [0.2, 0.25) is 0 Å². The van der Waals surface area contributed by atoms with E-state index in [4.69, 9.17) is 4.98 Å². The third-order valence-corrected chi connectivity index (χ3v) is 3.70. The number of hydrogen-bond acceptors (Lipinski definition) is 3. The molecule has 0 spiro atoms. The van der Waals surface area contributed by atoms with Crippen LogP contribution >= 0.6 is 0 Å². The van der Waals surface area contributed by atoms with Crippen molar-refractivity contribution in [2.75, 3.05) is 7.05 Å². The molecular formula is C19H22N2O. The molecule has 1 atom stereocenters. The van der Waals surface area contributed by atoms with Crippen LogP contribution in [-0.4, -0.2) is 18.3 Å². The maximum Gasteiger partial charge on any atom is 0.150 e. The van der Waals surface area contributed by atoms with Crippen LogP contribution in [0.4, 0.5) is 0 Å². The summed E-state index contributed by atoms with van der Waals surface area (Å²) in [5, 5.41) is 3.16. The fourth-order valence-electron chi connectivity index (χ4n) is 2.45. The van der Waals surface area contributed by atoms with Crippen LogP contribution in [0.2, 0.25) is 0 Å². The van der Waals surface area contributed by atoms with Crippen molar-refractivity contribution in [2.45, 2.75) is 26.2 Å². The number of pyridine rings is 1. The Bertz CT molecular complexity index is 662. The molecule has 2 rings (SSSR count). The van der Waals surface area contributed by atoms with Crippen LogP contribution in [0.5, 0.6) is 0 Å². The van der Waals surface area contributed by atoms with Crippen LogP contribution < -0.4 is 5.32 Å². The molecule has 1 unspecified atom stereocenters. The van der Waals surface area contributed by atoms with Crippen LogP contribution in [-0.2, 0) is 0 Å². The van der Waals surface area contributed by atoms with E-state index in [1.165, 1.54) is 5.56 Å². The first kappa shape index (κ1) is 16.0. The Labute approximate surface area is 132 Å². The molecule has 1 aromatic heterocycles. The van der Waals surface area contributed by atoms with E-state index in [0.29, 0.717) is 5.56 Å². The third kappa shape index (κ3) is 3.61. The van der Waals surface area contributed by atoms with E-state index in [0.717, 1.165) is 29.8 Å². The lowest BCUT2D eigenvalue weighted by Crippen LogP contribution is -2.10. The number of benzene rings is 1. The predicted octanol–water partition coefficient (Wildman–Crippen LogP) is 4.02. The maximum atomic E-state index is 11.3. The van der Waals surface area contributed by atoms with Crippen molar-refractivity contribution in [3.05, 3.63) is 71.1 Å². The quantitative estimate of drug-likeness (QED) is 0.818. The highest BCUT2D eigenvalue weighted by molar-refractivity contribution is 5.77. The Morgan fingerprint density at radius 3 is 2.59 bits per heavy atom. The molecule has 1 N–H and O–H groups in total. The Kier molecular flexibility index (Phi) is 5.48. The lowest BCUT2D eigenvalue weighted by molar-refractivity contribution is 0.112. The van der Waals surface area contributed by atoms with Gasteiger partial charge in [0, 0.05) is 24.2 Å². The first-order valence-corrected chi connectivity index (χ1v) is 7.60. The van der Waals surface area contributed by atoms with Crippen molar-refractivity contribution < 1.29 is 4.79 Å². The zero-order chi connectivity index (χ0) is 15.9. The summed E-state index contributed by atoms with van der Waals surface area (Å²) in [7, 11) is 1.87. The first-order chi connectivity index (χ1) is 10.7. The molecule has 22 heavy (non-hydrogen) atoms. The number of aldehydes is 1. The number of nitrogens with one attached hydrogen (secondary N) is 1. The molecule has 0 saturated carbocycles. The molecule has 114 valence electrons. The van der Waals surface area contributed by atoms with E-state index >= 15 is 0 Å². The zero-order valence-electron chi connectivity index (χ0n) is 13.3. The van der Waals surface area contributed by atoms with Crippen molar-refractivity contribution in [2.24, 2.45) is 0 Å². The number of nitrogens with zero attached hydrogens (tertiary/aromatic N) is 1. The van der Waals surface area contributed by atoms with Crippen molar-refractivity contribution >= 4 is 12.0 Å². The van der Waals surface area contributed by atoms with Gasteiger partial charge >= 0.3 is 0 Å². The summed E-state index contributed by atoms with van der Waals surface area (Å²) in [5.41, 5.74) is 4.51. The van der Waals surface area contributed by atoms with E-state index in [9.17, 15) is 4.79 Å². The normalized spacial score (nSPS) is 12.8. The number of aromatic nitrogens is 1. The Morgan fingerprint density at radius 2 is 2.00 bits per heavy atom. The first-order valence-electron chi connectivity index (χ1n) is 7.60. The van der Waals surface area contributed by atoms with Gasteiger partial charge in [0.1, 0.15) is 6.29 Å². The van der Waals surface area contributed by atoms with Crippen molar-refractivity contribution in [1.82, 2.24) is 10.3 Å². The van der Waals surface area contributed by atoms with E-state index < -0.39 is 0 Å². The molecule has 0 aliphatic rings. The summed E-state index contributed by atoms with van der Waals surface area (Å²) in [6.45, 7) is 4.19. The minimum absolute atomic E-state index is 0.139. The average molecular weight is 294 g/mol. The molecule has 0 amide bonds. The van der Waals surface area contributed by atoms with Gasteiger partial charge in [0.15, 0.2) is 0 Å². The lowest BCUT2D eigenvalue weighted by Gasteiger charge is -2.15. The highest BCUT2D eigenvalue weighted by Crippen LogP contribution is 2.24. The van der Waals surface area contributed by atoms with E-state index in [2.05, 4.69) is 37.4 Å². The molecule has 2 aromatic rings. The predicted molar refractivity (Wildman–Crippen MR) is 90.9 cm³/mol. The second-order valence-corrected chi connectivity index (χ2v) is 5.24. The van der Waals surface area contributed by atoms with Crippen LogP contribution in [0.3, 0.4) is 0 Å². The van der Waals surface area contributed by atoms with E-state index in [1.54, 1.807) is 0 Å². The summed E-state index contributed by atoms with van der Waals surface area (Å²) in [6, 6.07) is 13.9. The Hall–Kier alpha value is -2.42. The van der Waals surface area contributed by atoms with Gasteiger partial charge in [-0.25, -0.2) is 0 Å². The number of hydrogen-bond donors (Lipinski definition) is 1. The van der Waals surface area contributed by atoms with E-state index in [-0.39, 0.29) is 5.92 Å². The summed E-state index contributed by atoms with van der Waals surface area (Å²) < 4.78 is 0. The van der Waals surface area contributed by atoms with Gasteiger partial charge in [-0.1, -0.05) is 50.3 Å². The number of carbonyl (C=O) groups is 1. The van der Waals surface area contributed by atoms with Crippen LogP contribution in [0, 0.1) is 0 Å². The van der Waals surface area contributed by atoms with Crippen LogP contribution in [0.1, 0.15) is 53.5 Å². The van der Waals surface area contributed by atoms with Gasteiger partial charge in [0.05, 0.1) is 11.4 Å². The van der Waals surface area contributed by atoms with Crippen molar-refractivity contribution in [1.29, 1.82) is 0 Å². The van der Waals surface area contributed by atoms with Gasteiger partial charge in [-0.15, -0.1) is 0 Å². The smallest absolute Gasteiger partial charge is 0.150 e. The molecule has 0 aliphatic carbocycles. The Balaban J connectivity index is 2.48. The molecule has 0 saturated heterocycles. The fourth-order valence-corrected chi connectivity index (χ4v) is 2.45. The van der Waals surface area contributed by atoms with Crippen molar-refractivity contribution in [3.8, 4) is 0 Å². The Morgan fingerprint density at radius 1 is 1.27 bits per heavy atom. The number of rotatable bonds is 6. The van der Waals surface area contributed by atoms with Gasteiger partial charge in [-0.05, 0) is 24.1 Å². The summed E-state index contributed by atoms with van der Waals surface area (Å²) in [5.74, 6) is 0.139. The van der Waals surface area contributed by atoms with Crippen molar-refractivity contribution in [3.63, 3.8) is 0 Å². The fraction of sp³-hybridized carbons (Fsp3) is 0.263. The molecule has 0 aliphatic heterocycles. The zero-order valence-corrected chi connectivity index (χ0v) is 13.3. The molecule has 1 heterocycles. The second kappa shape index (κ2) is 7.55. The molecule has 3 nitrogen and oxygen atoms in total. The van der Waals surface area contributed by atoms with E-state index in [1.807, 2.05) is 37.4 Å². The monoisotopic (exact) mass is 294 g/mol. The lowest BCUT2D eigenvalue weighted by atomic mass is 9.96. The summed E-state index contributed by atoms with van der Waals surface area (Å²) in [4.78, 5) is 16.0. The summed E-state index contributed by atoms with van der Waals surface area (Å²) >= 11 is 0. The standard InChI is InChI=1S/C19H22N2O/c1-4-8-17(20-3)19-12-15(13-22)11-18(21-19)14(2)16-9-6-5-7-10-16/h5-14,20H,4H2,1-3H3/b17-8-. The maximum absolute atomic E-state index is 11.3.